The zero-order chi connectivity index (χ0) is 23.0. The molecule has 0 aliphatic carbocycles. The molecule has 6 nitrogen and oxygen atoms in total. The number of nitrogens with one attached hydrogen (secondary N) is 2. The Morgan fingerprint density at radius 1 is 0.906 bits per heavy atom. The molecule has 10 heteroatoms. The molecule has 0 saturated carbocycles. The zero-order valence-corrected chi connectivity index (χ0v) is 17.4. The van der Waals surface area contributed by atoms with Crippen LogP contribution in [-0.2, 0) is 15.8 Å². The van der Waals surface area contributed by atoms with Crippen LogP contribution in [0.5, 0.6) is 5.75 Å². The molecule has 0 radical (unpaired) electrons. The molecule has 0 saturated heterocycles. The molecule has 1 heterocycles. The second-order valence-corrected chi connectivity index (χ2v) is 7.41. The van der Waals surface area contributed by atoms with E-state index in [-0.39, 0.29) is 17.4 Å². The van der Waals surface area contributed by atoms with Gasteiger partial charge in [-0.3, -0.25) is 20.4 Å². The van der Waals surface area contributed by atoms with Crippen molar-refractivity contribution in [3.63, 3.8) is 0 Å². The molecule has 0 aliphatic heterocycles. The molecule has 2 N–H and O–H groups in total. The number of amides is 2. The van der Waals surface area contributed by atoms with Gasteiger partial charge in [0, 0.05) is 11.8 Å². The van der Waals surface area contributed by atoms with Crippen molar-refractivity contribution in [1.29, 1.82) is 0 Å². The maximum Gasteiger partial charge on any atom is 0.417 e. The molecule has 1 aromatic heterocycles. The predicted octanol–water partition coefficient (Wildman–Crippen LogP) is 4.09. The fraction of sp³-hybridized carbons (Fsp3) is 0.136. The van der Waals surface area contributed by atoms with Gasteiger partial charge in [0.2, 0.25) is 5.91 Å². The number of rotatable bonds is 7. The first-order valence-corrected chi connectivity index (χ1v) is 10.3. The van der Waals surface area contributed by atoms with E-state index in [0.717, 1.165) is 29.0 Å². The largest absolute Gasteiger partial charge is 0.483 e. The Balaban J connectivity index is 1.43. The van der Waals surface area contributed by atoms with Crippen molar-refractivity contribution in [3.05, 3.63) is 78.5 Å². The third-order valence-electron chi connectivity index (χ3n) is 4.09. The second kappa shape index (κ2) is 10.7. The minimum Gasteiger partial charge on any atom is -0.483 e. The average molecular weight is 461 g/mol. The molecule has 166 valence electrons. The number of hydrogen-bond acceptors (Lipinski definition) is 5. The fourth-order valence-electron chi connectivity index (χ4n) is 2.58. The summed E-state index contributed by atoms with van der Waals surface area (Å²) in [4.78, 5) is 27.5. The highest BCUT2D eigenvalue weighted by molar-refractivity contribution is 7.99. The number of para-hydroxylation sites is 1. The minimum absolute atomic E-state index is 0.143. The Morgan fingerprint density at radius 3 is 2.28 bits per heavy atom. The van der Waals surface area contributed by atoms with E-state index in [2.05, 4.69) is 15.8 Å². The molecule has 0 unspecified atom stereocenters. The van der Waals surface area contributed by atoms with E-state index in [9.17, 15) is 22.8 Å². The summed E-state index contributed by atoms with van der Waals surface area (Å²) in [5, 5.41) is 0.250. The number of halogens is 3. The summed E-state index contributed by atoms with van der Waals surface area (Å²) in [6, 6.07) is 18.9. The van der Waals surface area contributed by atoms with E-state index in [1.807, 2.05) is 42.5 Å². The maximum atomic E-state index is 12.5. The zero-order valence-electron chi connectivity index (χ0n) is 16.6. The molecule has 0 atom stereocenters. The Kier molecular flexibility index (Phi) is 7.72. The monoisotopic (exact) mass is 461 g/mol. The second-order valence-electron chi connectivity index (χ2n) is 6.42. The van der Waals surface area contributed by atoms with E-state index in [4.69, 9.17) is 4.74 Å². The number of carbonyl (C=O) groups is 2. The highest BCUT2D eigenvalue weighted by Gasteiger charge is 2.30. The lowest BCUT2D eigenvalue weighted by atomic mass is 10.1. The summed E-state index contributed by atoms with van der Waals surface area (Å²) in [5.74, 6) is -0.742. The normalized spacial score (nSPS) is 11.0. The van der Waals surface area contributed by atoms with E-state index in [1.54, 1.807) is 12.1 Å². The number of benzene rings is 2. The Bertz CT molecular complexity index is 1060. The van der Waals surface area contributed by atoms with Crippen LogP contribution in [-0.4, -0.2) is 29.2 Å². The van der Waals surface area contributed by atoms with Crippen LogP contribution in [0.25, 0.3) is 11.1 Å². The van der Waals surface area contributed by atoms with Crippen molar-refractivity contribution in [3.8, 4) is 16.9 Å². The van der Waals surface area contributed by atoms with Gasteiger partial charge in [0.15, 0.2) is 6.61 Å². The van der Waals surface area contributed by atoms with Crippen molar-refractivity contribution in [2.75, 3.05) is 12.4 Å². The fourth-order valence-corrected chi connectivity index (χ4v) is 3.22. The first-order valence-electron chi connectivity index (χ1n) is 9.34. The average Bonchev–Trinajstić information content (AvgIpc) is 2.80. The Labute approximate surface area is 186 Å². The third kappa shape index (κ3) is 6.74. The van der Waals surface area contributed by atoms with Crippen LogP contribution in [0.1, 0.15) is 5.56 Å². The Morgan fingerprint density at radius 2 is 1.59 bits per heavy atom. The van der Waals surface area contributed by atoms with Crippen LogP contribution in [0, 0.1) is 0 Å². The molecular weight excluding hydrogens is 443 g/mol. The molecule has 2 amide bonds. The molecule has 0 bridgehead atoms. The molecular formula is C22H18F3N3O3S. The van der Waals surface area contributed by atoms with Gasteiger partial charge in [0.25, 0.3) is 5.91 Å². The quantitative estimate of drug-likeness (QED) is 0.409. The van der Waals surface area contributed by atoms with Crippen molar-refractivity contribution in [2.24, 2.45) is 0 Å². The summed E-state index contributed by atoms with van der Waals surface area (Å²) in [6.07, 6.45) is -3.77. The van der Waals surface area contributed by atoms with Gasteiger partial charge in [0.05, 0.1) is 16.3 Å². The standard InChI is InChI=1S/C22H18F3N3O3S/c23-22(24,25)16-10-11-21(26-12-16)32-14-20(30)28-27-19(29)13-31-18-9-5-4-8-17(18)15-6-2-1-3-7-15/h1-12H,13-14H2,(H,27,29)(H,28,30). The van der Waals surface area contributed by atoms with Crippen LogP contribution >= 0.6 is 11.8 Å². The van der Waals surface area contributed by atoms with Crippen molar-refractivity contribution in [2.45, 2.75) is 11.2 Å². The van der Waals surface area contributed by atoms with Gasteiger partial charge in [-0.15, -0.1) is 0 Å². The topological polar surface area (TPSA) is 80.3 Å². The van der Waals surface area contributed by atoms with Crippen LogP contribution in [0.15, 0.2) is 78.0 Å². The number of alkyl halides is 3. The van der Waals surface area contributed by atoms with E-state index in [0.29, 0.717) is 11.9 Å². The van der Waals surface area contributed by atoms with Crippen molar-refractivity contribution >= 4 is 23.6 Å². The number of hydrazine groups is 1. The van der Waals surface area contributed by atoms with Gasteiger partial charge >= 0.3 is 6.18 Å². The Hall–Kier alpha value is -3.53. The summed E-state index contributed by atoms with van der Waals surface area (Å²) >= 11 is 0.936. The molecule has 3 rings (SSSR count). The SMILES string of the molecule is O=C(COc1ccccc1-c1ccccc1)NNC(=O)CSc1ccc(C(F)(F)F)cn1. The lowest BCUT2D eigenvalue weighted by Gasteiger charge is -2.12. The summed E-state index contributed by atoms with van der Waals surface area (Å²) in [6.45, 7) is -0.322. The van der Waals surface area contributed by atoms with Gasteiger partial charge in [-0.2, -0.15) is 13.2 Å². The molecule has 0 spiro atoms. The molecule has 3 aromatic rings. The van der Waals surface area contributed by atoms with Gasteiger partial charge in [-0.25, -0.2) is 4.98 Å². The maximum absolute atomic E-state index is 12.5. The summed E-state index contributed by atoms with van der Waals surface area (Å²) in [7, 11) is 0. The van der Waals surface area contributed by atoms with E-state index in [1.165, 1.54) is 6.07 Å². The van der Waals surface area contributed by atoms with Crippen LogP contribution in [0.2, 0.25) is 0 Å². The van der Waals surface area contributed by atoms with Crippen LogP contribution in [0.3, 0.4) is 0 Å². The van der Waals surface area contributed by atoms with Crippen LogP contribution in [0.4, 0.5) is 13.2 Å². The number of thioether (sulfide) groups is 1. The number of carbonyl (C=O) groups excluding carboxylic acids is 2. The molecule has 0 fully saturated rings. The predicted molar refractivity (Wildman–Crippen MR) is 114 cm³/mol. The summed E-state index contributed by atoms with van der Waals surface area (Å²) in [5.41, 5.74) is 5.35. The minimum atomic E-state index is -4.47. The number of pyridine rings is 1. The van der Waals surface area contributed by atoms with E-state index < -0.39 is 23.6 Å². The van der Waals surface area contributed by atoms with Gasteiger partial charge < -0.3 is 4.74 Å². The molecule has 2 aromatic carbocycles. The number of aromatic nitrogens is 1. The molecule has 0 aliphatic rings. The first-order chi connectivity index (χ1) is 15.3. The van der Waals surface area contributed by atoms with Crippen molar-refractivity contribution < 1.29 is 27.5 Å². The van der Waals surface area contributed by atoms with Gasteiger partial charge in [-0.1, -0.05) is 60.3 Å². The lowest BCUT2D eigenvalue weighted by molar-refractivity contribution is -0.137. The van der Waals surface area contributed by atoms with Gasteiger partial charge in [0.1, 0.15) is 5.75 Å². The third-order valence-corrected chi connectivity index (χ3v) is 5.03. The van der Waals surface area contributed by atoms with E-state index >= 15 is 0 Å². The highest BCUT2D eigenvalue weighted by atomic mass is 32.2. The summed E-state index contributed by atoms with van der Waals surface area (Å²) < 4.78 is 43.2. The smallest absolute Gasteiger partial charge is 0.417 e. The number of nitrogens with zero attached hydrogens (tertiary/aromatic N) is 1. The number of ether oxygens (including phenoxy) is 1. The highest BCUT2D eigenvalue weighted by Crippen LogP contribution is 2.30. The first kappa shape index (κ1) is 23.1. The number of hydrogen-bond donors (Lipinski definition) is 2. The molecule has 32 heavy (non-hydrogen) atoms. The lowest BCUT2D eigenvalue weighted by Crippen LogP contribution is -2.44. The van der Waals surface area contributed by atoms with Crippen molar-refractivity contribution in [1.82, 2.24) is 15.8 Å². The van der Waals surface area contributed by atoms with Gasteiger partial charge in [-0.05, 0) is 23.8 Å². The van der Waals surface area contributed by atoms with Crippen LogP contribution < -0.4 is 15.6 Å².